The first kappa shape index (κ1) is 16.4. The molecule has 2 aromatic carbocycles. The number of hydrogen-bond acceptors (Lipinski definition) is 3. The third kappa shape index (κ3) is 3.22. The molecular weight excluding hydrogens is 335 g/mol. The first-order chi connectivity index (χ1) is 12.6. The second-order valence-electron chi connectivity index (χ2n) is 6.36. The molecule has 6 heteroatoms. The van der Waals surface area contributed by atoms with E-state index >= 15 is 0 Å². The van der Waals surface area contributed by atoms with Crippen molar-refractivity contribution in [3.63, 3.8) is 0 Å². The maximum atomic E-state index is 13.6. The highest BCUT2D eigenvalue weighted by atomic mass is 19.1. The smallest absolute Gasteiger partial charge is 0.228 e. The van der Waals surface area contributed by atoms with E-state index < -0.39 is 0 Å². The van der Waals surface area contributed by atoms with Crippen molar-refractivity contribution < 1.29 is 18.7 Å². The van der Waals surface area contributed by atoms with Gasteiger partial charge >= 0.3 is 0 Å². The van der Waals surface area contributed by atoms with Crippen LogP contribution in [0.4, 0.5) is 10.1 Å². The second-order valence-corrected chi connectivity index (χ2v) is 6.36. The number of halogens is 1. The van der Waals surface area contributed by atoms with E-state index in [0.717, 1.165) is 28.6 Å². The lowest BCUT2D eigenvalue weighted by atomic mass is 10.1. The molecule has 1 aliphatic heterocycles. The molecule has 0 aliphatic carbocycles. The lowest BCUT2D eigenvalue weighted by Gasteiger charge is -2.10. The minimum Gasteiger partial charge on any atom is -0.490 e. The molecule has 5 nitrogen and oxygen atoms in total. The Morgan fingerprint density at radius 2 is 1.96 bits per heavy atom. The van der Waals surface area contributed by atoms with E-state index in [4.69, 9.17) is 9.47 Å². The van der Waals surface area contributed by atoms with Crippen LogP contribution in [0.3, 0.4) is 0 Å². The quantitative estimate of drug-likeness (QED) is 0.748. The van der Waals surface area contributed by atoms with Gasteiger partial charge in [-0.05, 0) is 42.8 Å². The summed E-state index contributed by atoms with van der Waals surface area (Å²) < 4.78 is 24.8. The predicted molar refractivity (Wildman–Crippen MR) is 97.4 cm³/mol. The molecule has 4 rings (SSSR count). The van der Waals surface area contributed by atoms with E-state index in [0.29, 0.717) is 30.4 Å². The molecule has 0 spiro atoms. The van der Waals surface area contributed by atoms with Crippen LogP contribution in [0.15, 0.2) is 36.4 Å². The first-order valence-electron chi connectivity index (χ1n) is 8.56. The number of nitrogens with one attached hydrogen (secondary N) is 2. The number of carbonyl (C=O) groups is 1. The van der Waals surface area contributed by atoms with Crippen LogP contribution in [0.1, 0.15) is 17.7 Å². The van der Waals surface area contributed by atoms with Crippen LogP contribution in [0.2, 0.25) is 0 Å². The van der Waals surface area contributed by atoms with E-state index in [1.165, 1.54) is 12.1 Å². The largest absolute Gasteiger partial charge is 0.490 e. The number of ether oxygens (including phenoxy) is 2. The summed E-state index contributed by atoms with van der Waals surface area (Å²) in [6.45, 7) is 3.09. The number of H-pyrrole nitrogens is 1. The highest BCUT2D eigenvalue weighted by Gasteiger charge is 2.15. The molecule has 0 radical (unpaired) electrons. The van der Waals surface area contributed by atoms with Crippen molar-refractivity contribution in [3.05, 3.63) is 53.5 Å². The summed E-state index contributed by atoms with van der Waals surface area (Å²) in [5, 5.41) is 3.61. The zero-order chi connectivity index (χ0) is 18.1. The summed E-state index contributed by atoms with van der Waals surface area (Å²) in [4.78, 5) is 15.7. The Hall–Kier alpha value is -3.02. The topological polar surface area (TPSA) is 63.4 Å². The van der Waals surface area contributed by atoms with E-state index in [9.17, 15) is 9.18 Å². The van der Waals surface area contributed by atoms with Gasteiger partial charge in [0.2, 0.25) is 5.91 Å². The van der Waals surface area contributed by atoms with Crippen molar-refractivity contribution in [2.24, 2.45) is 0 Å². The Labute approximate surface area is 150 Å². The predicted octanol–water partition coefficient (Wildman–Crippen LogP) is 3.96. The molecule has 0 unspecified atom stereocenters. The fourth-order valence-corrected chi connectivity index (χ4v) is 3.19. The SMILES string of the molecule is Cc1[nH]c2ccc(F)cc2c1CC(=O)Nc1ccc2c(c1)OCCCO2. The number of fused-ring (bicyclic) bond motifs is 2. The van der Waals surface area contributed by atoms with Crippen molar-refractivity contribution in [2.75, 3.05) is 18.5 Å². The Kier molecular flexibility index (Phi) is 4.24. The van der Waals surface area contributed by atoms with E-state index in [-0.39, 0.29) is 18.1 Å². The molecule has 1 aliphatic rings. The number of aromatic amines is 1. The monoisotopic (exact) mass is 354 g/mol. The van der Waals surface area contributed by atoms with Gasteiger partial charge in [0.1, 0.15) is 5.82 Å². The summed E-state index contributed by atoms with van der Waals surface area (Å²) in [6, 6.07) is 9.88. The molecule has 0 saturated heterocycles. The third-order valence-electron chi connectivity index (χ3n) is 4.45. The van der Waals surface area contributed by atoms with Crippen LogP contribution in [0.5, 0.6) is 11.5 Å². The number of aromatic nitrogens is 1. The standard InChI is InChI=1S/C20H19FN2O3/c1-12-15(16-9-13(21)3-5-17(16)22-12)11-20(24)23-14-4-6-18-19(10-14)26-8-2-7-25-18/h3-6,9-10,22H,2,7-8,11H2,1H3,(H,23,24). The minimum absolute atomic E-state index is 0.156. The van der Waals surface area contributed by atoms with Gasteiger partial charge in [0.15, 0.2) is 11.5 Å². The van der Waals surface area contributed by atoms with Gasteiger partial charge in [-0.25, -0.2) is 4.39 Å². The Bertz CT molecular complexity index is 981. The van der Waals surface area contributed by atoms with E-state index in [1.807, 2.05) is 6.92 Å². The molecule has 26 heavy (non-hydrogen) atoms. The zero-order valence-corrected chi connectivity index (χ0v) is 14.4. The first-order valence-corrected chi connectivity index (χ1v) is 8.56. The van der Waals surface area contributed by atoms with Crippen LogP contribution in [0, 0.1) is 12.7 Å². The lowest BCUT2D eigenvalue weighted by molar-refractivity contribution is -0.115. The van der Waals surface area contributed by atoms with Crippen molar-refractivity contribution in [2.45, 2.75) is 19.8 Å². The third-order valence-corrected chi connectivity index (χ3v) is 4.45. The van der Waals surface area contributed by atoms with Crippen LogP contribution in [-0.4, -0.2) is 24.1 Å². The summed E-state index contributed by atoms with van der Waals surface area (Å²) in [5.74, 6) is 0.822. The van der Waals surface area contributed by atoms with Crippen LogP contribution in [0.25, 0.3) is 10.9 Å². The lowest BCUT2D eigenvalue weighted by Crippen LogP contribution is -2.14. The van der Waals surface area contributed by atoms with Crippen LogP contribution < -0.4 is 14.8 Å². The Morgan fingerprint density at radius 3 is 2.81 bits per heavy atom. The molecule has 3 aromatic rings. The number of benzene rings is 2. The van der Waals surface area contributed by atoms with Gasteiger partial charge in [0.05, 0.1) is 19.6 Å². The molecule has 0 bridgehead atoms. The van der Waals surface area contributed by atoms with Gasteiger partial charge in [-0.2, -0.15) is 0 Å². The number of amides is 1. The molecule has 0 fully saturated rings. The molecule has 1 aromatic heterocycles. The summed E-state index contributed by atoms with van der Waals surface area (Å²) in [5.41, 5.74) is 3.12. The van der Waals surface area contributed by atoms with Crippen LogP contribution >= 0.6 is 0 Å². The average molecular weight is 354 g/mol. The molecule has 134 valence electrons. The van der Waals surface area contributed by atoms with E-state index in [2.05, 4.69) is 10.3 Å². The Morgan fingerprint density at radius 1 is 1.15 bits per heavy atom. The maximum Gasteiger partial charge on any atom is 0.228 e. The van der Waals surface area contributed by atoms with Crippen molar-refractivity contribution in [1.82, 2.24) is 4.98 Å². The van der Waals surface area contributed by atoms with Gasteiger partial charge in [-0.15, -0.1) is 0 Å². The van der Waals surface area contributed by atoms with E-state index in [1.54, 1.807) is 24.3 Å². The highest BCUT2D eigenvalue weighted by molar-refractivity contribution is 5.96. The molecule has 0 saturated carbocycles. The van der Waals surface area contributed by atoms with Gasteiger partial charge < -0.3 is 19.8 Å². The number of carbonyl (C=O) groups excluding carboxylic acids is 1. The summed E-state index contributed by atoms with van der Waals surface area (Å²) >= 11 is 0. The fourth-order valence-electron chi connectivity index (χ4n) is 3.19. The summed E-state index contributed by atoms with van der Waals surface area (Å²) in [7, 11) is 0. The highest BCUT2D eigenvalue weighted by Crippen LogP contribution is 2.32. The molecule has 0 atom stereocenters. The minimum atomic E-state index is -0.318. The molecule has 2 heterocycles. The van der Waals surface area contributed by atoms with Crippen molar-refractivity contribution in [1.29, 1.82) is 0 Å². The van der Waals surface area contributed by atoms with Gasteiger partial charge in [0, 0.05) is 34.8 Å². The molecular formula is C20H19FN2O3. The number of hydrogen-bond donors (Lipinski definition) is 2. The number of anilines is 1. The van der Waals surface area contributed by atoms with Crippen molar-refractivity contribution in [3.8, 4) is 11.5 Å². The summed E-state index contributed by atoms with van der Waals surface area (Å²) in [6.07, 6.45) is 0.983. The van der Waals surface area contributed by atoms with Crippen LogP contribution in [-0.2, 0) is 11.2 Å². The van der Waals surface area contributed by atoms with Crippen molar-refractivity contribution >= 4 is 22.5 Å². The molecule has 2 N–H and O–H groups in total. The Balaban J connectivity index is 1.54. The number of rotatable bonds is 3. The average Bonchev–Trinajstić information content (AvgIpc) is 2.79. The van der Waals surface area contributed by atoms with Gasteiger partial charge in [-0.1, -0.05) is 0 Å². The van der Waals surface area contributed by atoms with Gasteiger partial charge in [-0.3, -0.25) is 4.79 Å². The molecule has 1 amide bonds. The second kappa shape index (κ2) is 6.71. The number of aryl methyl sites for hydroxylation is 1. The normalized spacial score (nSPS) is 13.5. The fraction of sp³-hybridized carbons (Fsp3) is 0.250. The van der Waals surface area contributed by atoms with Gasteiger partial charge in [0.25, 0.3) is 0 Å². The maximum absolute atomic E-state index is 13.6. The zero-order valence-electron chi connectivity index (χ0n) is 14.4.